The third-order valence-electron chi connectivity index (χ3n) is 5.49. The summed E-state index contributed by atoms with van der Waals surface area (Å²) in [6, 6.07) is 10.9. The molecule has 0 bridgehead atoms. The Hall–Kier alpha value is -3.02. The zero-order valence-electron chi connectivity index (χ0n) is 19.3. The van der Waals surface area contributed by atoms with Gasteiger partial charge in [0.1, 0.15) is 31.0 Å². The molecular formula is C26H32FNO4. The Bertz CT molecular complexity index is 908. The first-order chi connectivity index (χ1) is 15.5. The van der Waals surface area contributed by atoms with Crippen molar-refractivity contribution in [2.45, 2.75) is 58.7 Å². The normalized spacial score (nSPS) is 19.1. The van der Waals surface area contributed by atoms with Gasteiger partial charge in [0.05, 0.1) is 12.2 Å². The van der Waals surface area contributed by atoms with Gasteiger partial charge in [0.25, 0.3) is 5.97 Å². The smallest absolute Gasteiger partial charge is 0.257 e. The minimum absolute atomic E-state index is 0.128. The van der Waals surface area contributed by atoms with Crippen LogP contribution in [0.3, 0.4) is 0 Å². The average Bonchev–Trinajstić information content (AvgIpc) is 2.78. The van der Waals surface area contributed by atoms with Crippen molar-refractivity contribution in [2.75, 3.05) is 13.7 Å². The number of aryl methyl sites for hydroxylation is 2. The first-order valence-corrected chi connectivity index (χ1v) is 11.1. The maximum Gasteiger partial charge on any atom is 0.257 e. The lowest BCUT2D eigenvalue weighted by Gasteiger charge is -2.30. The summed E-state index contributed by atoms with van der Waals surface area (Å²) < 4.78 is 31.9. The summed E-state index contributed by atoms with van der Waals surface area (Å²) in [5.74, 6) is 1.88. The summed E-state index contributed by atoms with van der Waals surface area (Å²) in [5.41, 5.74) is 2.53. The van der Waals surface area contributed by atoms with Gasteiger partial charge < -0.3 is 19.0 Å². The number of hydrogen-bond acceptors (Lipinski definition) is 5. The van der Waals surface area contributed by atoms with Crippen molar-refractivity contribution in [2.24, 2.45) is 5.16 Å². The fourth-order valence-electron chi connectivity index (χ4n) is 3.85. The van der Waals surface area contributed by atoms with E-state index in [9.17, 15) is 4.39 Å². The summed E-state index contributed by atoms with van der Waals surface area (Å²) in [4.78, 5) is 4.46. The zero-order valence-corrected chi connectivity index (χ0v) is 19.3. The minimum Gasteiger partial charge on any atom is -0.490 e. The van der Waals surface area contributed by atoms with Gasteiger partial charge in [-0.2, -0.15) is 4.39 Å². The Morgan fingerprint density at radius 3 is 2.12 bits per heavy atom. The number of ether oxygens (including phenoxy) is 3. The maximum absolute atomic E-state index is 13.7. The molecule has 1 aliphatic carbocycles. The SMILES string of the molecule is C/C=C/COc1cc(C)c(OC2CCC(Oc3ccc(/C(F)=N\OC)cc3)CC2)c(C)c1. The lowest BCUT2D eigenvalue weighted by molar-refractivity contribution is 0.0798. The molecule has 2 aromatic rings. The van der Waals surface area contributed by atoms with Crippen molar-refractivity contribution in [3.63, 3.8) is 0 Å². The van der Waals surface area contributed by atoms with E-state index in [0.717, 1.165) is 54.1 Å². The van der Waals surface area contributed by atoms with Gasteiger partial charge in [-0.15, -0.1) is 0 Å². The molecule has 3 rings (SSSR count). The van der Waals surface area contributed by atoms with Gasteiger partial charge in [0, 0.05) is 5.56 Å². The highest BCUT2D eigenvalue weighted by Gasteiger charge is 2.25. The Morgan fingerprint density at radius 2 is 1.56 bits per heavy atom. The molecule has 6 heteroatoms. The fraction of sp³-hybridized carbons (Fsp3) is 0.423. The van der Waals surface area contributed by atoms with Crippen LogP contribution in [0.5, 0.6) is 17.2 Å². The van der Waals surface area contributed by atoms with E-state index in [2.05, 4.69) is 23.8 Å². The zero-order chi connectivity index (χ0) is 22.9. The van der Waals surface area contributed by atoms with E-state index < -0.39 is 5.97 Å². The highest BCUT2D eigenvalue weighted by Crippen LogP contribution is 2.33. The number of hydrogen-bond donors (Lipinski definition) is 0. The van der Waals surface area contributed by atoms with Crippen molar-refractivity contribution in [1.82, 2.24) is 0 Å². The highest BCUT2D eigenvalue weighted by atomic mass is 19.1. The van der Waals surface area contributed by atoms with Crippen molar-refractivity contribution >= 4 is 5.97 Å². The van der Waals surface area contributed by atoms with Gasteiger partial charge in [0.2, 0.25) is 0 Å². The van der Waals surface area contributed by atoms with Crippen LogP contribution in [0.1, 0.15) is 49.3 Å². The van der Waals surface area contributed by atoms with Crippen LogP contribution in [-0.4, -0.2) is 31.9 Å². The van der Waals surface area contributed by atoms with Crippen molar-refractivity contribution in [3.05, 3.63) is 65.2 Å². The molecule has 0 unspecified atom stereocenters. The van der Waals surface area contributed by atoms with E-state index in [1.807, 2.05) is 31.2 Å². The van der Waals surface area contributed by atoms with Gasteiger partial charge in [-0.3, -0.25) is 0 Å². The van der Waals surface area contributed by atoms with E-state index in [-0.39, 0.29) is 12.2 Å². The molecule has 172 valence electrons. The Kier molecular flexibility index (Phi) is 8.54. The molecule has 1 fully saturated rings. The molecule has 0 spiro atoms. The summed E-state index contributed by atoms with van der Waals surface area (Å²) in [6.07, 6.45) is 7.93. The number of benzene rings is 2. The van der Waals surface area contributed by atoms with Crippen molar-refractivity contribution < 1.29 is 23.4 Å². The Morgan fingerprint density at radius 1 is 0.969 bits per heavy atom. The molecule has 1 saturated carbocycles. The largest absolute Gasteiger partial charge is 0.490 e. The molecule has 0 heterocycles. The molecule has 2 aromatic carbocycles. The van der Waals surface area contributed by atoms with Crippen LogP contribution in [0.2, 0.25) is 0 Å². The minimum atomic E-state index is -0.653. The van der Waals surface area contributed by atoms with Crippen LogP contribution in [-0.2, 0) is 4.84 Å². The molecule has 0 N–H and O–H groups in total. The summed E-state index contributed by atoms with van der Waals surface area (Å²) >= 11 is 0. The predicted octanol–water partition coefficient (Wildman–Crippen LogP) is 6.30. The van der Waals surface area contributed by atoms with Crippen LogP contribution in [0.4, 0.5) is 4.39 Å². The topological polar surface area (TPSA) is 49.3 Å². The second-order valence-corrected chi connectivity index (χ2v) is 7.99. The van der Waals surface area contributed by atoms with Gasteiger partial charge in [-0.05, 0) is 94.0 Å². The number of nitrogens with zero attached hydrogens (tertiary/aromatic N) is 1. The van der Waals surface area contributed by atoms with E-state index in [4.69, 9.17) is 14.2 Å². The molecule has 1 aliphatic rings. The number of oxime groups is 1. The lowest BCUT2D eigenvalue weighted by Crippen LogP contribution is -2.30. The standard InChI is InChI=1S/C26H32FNO4/c1-5-6-15-30-24-16-18(2)25(19(3)17-24)32-23-13-11-22(12-14-23)31-21-9-7-20(8-10-21)26(27)28-29-4/h5-10,16-17,22-23H,11-15H2,1-4H3/b6-5+,28-26+. The van der Waals surface area contributed by atoms with Crippen molar-refractivity contribution in [3.8, 4) is 17.2 Å². The quantitative estimate of drug-likeness (QED) is 0.260. The maximum atomic E-state index is 13.7. The van der Waals surface area contributed by atoms with E-state index in [0.29, 0.717) is 12.2 Å². The van der Waals surface area contributed by atoms with Gasteiger partial charge in [-0.1, -0.05) is 17.3 Å². The highest BCUT2D eigenvalue weighted by molar-refractivity contribution is 5.92. The average molecular weight is 442 g/mol. The molecule has 0 saturated heterocycles. The molecule has 0 aromatic heterocycles. The molecule has 0 radical (unpaired) electrons. The molecule has 0 amide bonds. The van der Waals surface area contributed by atoms with Gasteiger partial charge >= 0.3 is 0 Å². The van der Waals surface area contributed by atoms with E-state index >= 15 is 0 Å². The third kappa shape index (κ3) is 6.49. The fourth-order valence-corrected chi connectivity index (χ4v) is 3.85. The van der Waals surface area contributed by atoms with Gasteiger partial charge in [0.15, 0.2) is 0 Å². The second-order valence-electron chi connectivity index (χ2n) is 7.99. The summed E-state index contributed by atoms with van der Waals surface area (Å²) in [6.45, 7) is 6.66. The van der Waals surface area contributed by atoms with Crippen LogP contribution in [0.15, 0.2) is 53.7 Å². The molecule has 5 nitrogen and oxygen atoms in total. The van der Waals surface area contributed by atoms with Crippen LogP contribution >= 0.6 is 0 Å². The molecule has 32 heavy (non-hydrogen) atoms. The third-order valence-corrected chi connectivity index (χ3v) is 5.49. The first kappa shape index (κ1) is 23.6. The van der Waals surface area contributed by atoms with E-state index in [1.165, 1.54) is 7.11 Å². The molecular weight excluding hydrogens is 409 g/mol. The van der Waals surface area contributed by atoms with Crippen LogP contribution in [0.25, 0.3) is 0 Å². The Labute approximate surface area is 189 Å². The van der Waals surface area contributed by atoms with Crippen molar-refractivity contribution in [1.29, 1.82) is 0 Å². The number of allylic oxidation sites excluding steroid dienone is 1. The van der Waals surface area contributed by atoms with Gasteiger partial charge in [-0.25, -0.2) is 0 Å². The monoisotopic (exact) mass is 441 g/mol. The Balaban J connectivity index is 1.51. The molecule has 0 atom stereocenters. The number of halogens is 1. The molecule has 0 aliphatic heterocycles. The second kappa shape index (κ2) is 11.6. The number of rotatable bonds is 9. The lowest BCUT2D eigenvalue weighted by atomic mass is 9.94. The summed E-state index contributed by atoms with van der Waals surface area (Å²) in [5, 5.41) is 3.30. The van der Waals surface area contributed by atoms with E-state index in [1.54, 1.807) is 24.3 Å². The summed E-state index contributed by atoms with van der Waals surface area (Å²) in [7, 11) is 1.32. The van der Waals surface area contributed by atoms with Crippen LogP contribution < -0.4 is 14.2 Å². The van der Waals surface area contributed by atoms with Crippen LogP contribution in [0, 0.1) is 13.8 Å². The predicted molar refractivity (Wildman–Crippen MR) is 125 cm³/mol. The first-order valence-electron chi connectivity index (χ1n) is 11.1.